The van der Waals surface area contributed by atoms with Gasteiger partial charge in [0.15, 0.2) is 0 Å². The fourth-order valence-electron chi connectivity index (χ4n) is 2.66. The normalized spacial score (nSPS) is 24.6. The Kier molecular flexibility index (Phi) is 4.00. The molecule has 6 heteroatoms. The predicted octanol–water partition coefficient (Wildman–Crippen LogP) is 3.97. The quantitative estimate of drug-likeness (QED) is 0.783. The molecule has 0 unspecified atom stereocenters. The standard InChI is InChI=1S/C17H27N3O2Si/c1-12-9-10-18-16(19-12)20-14-8-7-13(21-20)11-15(14)22-23(5,6)17(2,3)4/h9-11,13-14H,7-8H2,1-6H3/t13-,14+/m1/s1. The minimum Gasteiger partial charge on any atom is -0.545 e. The van der Waals surface area contributed by atoms with Crippen molar-refractivity contribution in [1.82, 2.24) is 9.97 Å². The van der Waals surface area contributed by atoms with Crippen molar-refractivity contribution in [1.29, 1.82) is 0 Å². The monoisotopic (exact) mass is 333 g/mol. The Bertz CT molecular complexity index is 625. The van der Waals surface area contributed by atoms with Gasteiger partial charge in [0.2, 0.25) is 8.32 Å². The van der Waals surface area contributed by atoms with Crippen molar-refractivity contribution in [2.75, 3.05) is 5.06 Å². The molecule has 1 aromatic heterocycles. The Hall–Kier alpha value is -1.40. The van der Waals surface area contributed by atoms with Crippen molar-refractivity contribution in [3.05, 3.63) is 29.8 Å². The third-order valence-corrected chi connectivity index (χ3v) is 9.45. The lowest BCUT2D eigenvalue weighted by atomic mass is 9.96. The zero-order valence-electron chi connectivity index (χ0n) is 15.0. The number of anilines is 1. The maximum absolute atomic E-state index is 6.58. The second-order valence-corrected chi connectivity index (χ2v) is 12.7. The van der Waals surface area contributed by atoms with Gasteiger partial charge in [-0.2, -0.15) is 0 Å². The molecule has 0 spiro atoms. The summed E-state index contributed by atoms with van der Waals surface area (Å²) in [7, 11) is -1.86. The van der Waals surface area contributed by atoms with Crippen LogP contribution in [0.2, 0.25) is 18.1 Å². The van der Waals surface area contributed by atoms with Gasteiger partial charge in [0.1, 0.15) is 17.9 Å². The molecule has 0 amide bonds. The van der Waals surface area contributed by atoms with E-state index < -0.39 is 8.32 Å². The zero-order chi connectivity index (χ0) is 16.8. The smallest absolute Gasteiger partial charge is 0.250 e. The number of hydrogen-bond acceptors (Lipinski definition) is 5. The molecule has 0 radical (unpaired) electrons. The molecule has 1 aromatic rings. The lowest BCUT2D eigenvalue weighted by Crippen LogP contribution is -2.52. The first kappa shape index (κ1) is 16.5. The fourth-order valence-corrected chi connectivity index (χ4v) is 3.75. The topological polar surface area (TPSA) is 47.5 Å². The van der Waals surface area contributed by atoms with E-state index in [1.807, 2.05) is 18.1 Å². The van der Waals surface area contributed by atoms with Crippen LogP contribution in [-0.4, -0.2) is 30.4 Å². The Morgan fingerprint density at radius 1 is 1.30 bits per heavy atom. The van der Waals surface area contributed by atoms with Crippen LogP contribution >= 0.6 is 0 Å². The van der Waals surface area contributed by atoms with Gasteiger partial charge < -0.3 is 4.43 Å². The second kappa shape index (κ2) is 5.60. The van der Waals surface area contributed by atoms with Crippen molar-refractivity contribution in [2.45, 2.75) is 70.8 Å². The summed E-state index contributed by atoms with van der Waals surface area (Å²) in [5, 5.41) is 2.03. The van der Waals surface area contributed by atoms with Crippen LogP contribution in [0, 0.1) is 6.92 Å². The number of nitrogens with zero attached hydrogens (tertiary/aromatic N) is 3. The third kappa shape index (κ3) is 3.14. The highest BCUT2D eigenvalue weighted by Gasteiger charge is 2.45. The molecular formula is C17H27N3O2Si. The number of aryl methyl sites for hydroxylation is 1. The summed E-state index contributed by atoms with van der Waals surface area (Å²) >= 11 is 0. The molecule has 5 nitrogen and oxygen atoms in total. The van der Waals surface area contributed by atoms with E-state index in [1.165, 1.54) is 0 Å². The van der Waals surface area contributed by atoms with Gasteiger partial charge >= 0.3 is 0 Å². The average molecular weight is 334 g/mol. The lowest BCUT2D eigenvalue weighted by molar-refractivity contribution is -0.0160. The van der Waals surface area contributed by atoms with E-state index in [0.29, 0.717) is 5.95 Å². The van der Waals surface area contributed by atoms with E-state index in [0.717, 1.165) is 24.3 Å². The molecule has 1 saturated heterocycles. The summed E-state index contributed by atoms with van der Waals surface area (Å²) in [5.41, 5.74) is 0.941. The maximum Gasteiger partial charge on any atom is 0.250 e. The second-order valence-electron chi connectivity index (χ2n) is 7.99. The van der Waals surface area contributed by atoms with Crippen LogP contribution in [0.3, 0.4) is 0 Å². The van der Waals surface area contributed by atoms with Crippen LogP contribution in [0.25, 0.3) is 0 Å². The summed E-state index contributed by atoms with van der Waals surface area (Å²) in [6, 6.07) is 1.98. The molecule has 3 heterocycles. The SMILES string of the molecule is Cc1ccnc(N2O[C@H]3C=C(O[Si](C)(C)C(C)(C)C)[C@@H]2CC3)n1. The van der Waals surface area contributed by atoms with Gasteiger partial charge in [-0.15, -0.1) is 0 Å². The summed E-state index contributed by atoms with van der Waals surface area (Å²) in [5.74, 6) is 1.67. The molecule has 1 fully saturated rings. The van der Waals surface area contributed by atoms with Gasteiger partial charge in [-0.1, -0.05) is 20.8 Å². The number of hydrogen-bond donors (Lipinski definition) is 0. The predicted molar refractivity (Wildman–Crippen MR) is 93.5 cm³/mol. The van der Waals surface area contributed by atoms with E-state index in [9.17, 15) is 0 Å². The summed E-state index contributed by atoms with van der Waals surface area (Å²) < 4.78 is 6.58. The van der Waals surface area contributed by atoms with E-state index >= 15 is 0 Å². The Balaban J connectivity index is 1.86. The third-order valence-electron chi connectivity index (χ3n) is 5.09. The van der Waals surface area contributed by atoms with Gasteiger partial charge in [-0.05, 0) is 50.0 Å². The van der Waals surface area contributed by atoms with Crippen LogP contribution in [0.15, 0.2) is 24.1 Å². The molecule has 1 aliphatic carbocycles. The van der Waals surface area contributed by atoms with Gasteiger partial charge in [0.25, 0.3) is 5.95 Å². The van der Waals surface area contributed by atoms with Gasteiger partial charge in [0, 0.05) is 11.9 Å². The first-order chi connectivity index (χ1) is 10.7. The largest absolute Gasteiger partial charge is 0.545 e. The number of fused-ring (bicyclic) bond motifs is 2. The summed E-state index contributed by atoms with van der Waals surface area (Å²) in [6.07, 6.45) is 6.03. The van der Waals surface area contributed by atoms with Gasteiger partial charge in [-0.25, -0.2) is 15.0 Å². The lowest BCUT2D eigenvalue weighted by Gasteiger charge is -2.46. The number of hydroxylamine groups is 1. The Labute approximate surface area is 139 Å². The molecule has 2 aliphatic heterocycles. The van der Waals surface area contributed by atoms with Crippen LogP contribution in [-0.2, 0) is 9.26 Å². The van der Waals surface area contributed by atoms with E-state index in [1.54, 1.807) is 6.20 Å². The van der Waals surface area contributed by atoms with Crippen molar-refractivity contribution >= 4 is 14.3 Å². The Morgan fingerprint density at radius 2 is 2.04 bits per heavy atom. The molecule has 3 aliphatic rings. The van der Waals surface area contributed by atoms with E-state index in [-0.39, 0.29) is 17.2 Å². The Morgan fingerprint density at radius 3 is 2.65 bits per heavy atom. The first-order valence-corrected chi connectivity index (χ1v) is 11.2. The highest BCUT2D eigenvalue weighted by Crippen LogP contribution is 2.42. The van der Waals surface area contributed by atoms with Crippen LogP contribution in [0.1, 0.15) is 39.3 Å². The van der Waals surface area contributed by atoms with Crippen molar-refractivity contribution in [3.8, 4) is 0 Å². The molecule has 0 aromatic carbocycles. The molecule has 23 heavy (non-hydrogen) atoms. The molecule has 126 valence electrons. The van der Waals surface area contributed by atoms with Crippen LogP contribution in [0.5, 0.6) is 0 Å². The molecule has 2 bridgehead atoms. The van der Waals surface area contributed by atoms with Gasteiger partial charge in [-0.3, -0.25) is 4.84 Å². The highest BCUT2D eigenvalue weighted by molar-refractivity contribution is 6.74. The molecule has 0 N–H and O–H groups in total. The van der Waals surface area contributed by atoms with Crippen molar-refractivity contribution < 1.29 is 9.26 Å². The van der Waals surface area contributed by atoms with Crippen molar-refractivity contribution in [2.24, 2.45) is 0 Å². The van der Waals surface area contributed by atoms with Crippen molar-refractivity contribution in [3.63, 3.8) is 0 Å². The molecule has 0 saturated carbocycles. The van der Waals surface area contributed by atoms with Crippen LogP contribution < -0.4 is 5.06 Å². The maximum atomic E-state index is 6.58. The first-order valence-electron chi connectivity index (χ1n) is 8.34. The van der Waals surface area contributed by atoms with Gasteiger partial charge in [0.05, 0.1) is 0 Å². The number of rotatable bonds is 3. The number of aromatic nitrogens is 2. The van der Waals surface area contributed by atoms with E-state index in [2.05, 4.69) is 49.9 Å². The average Bonchev–Trinajstić information content (AvgIpc) is 2.46. The minimum atomic E-state index is -1.86. The zero-order valence-corrected chi connectivity index (χ0v) is 16.0. The molecular weight excluding hydrogens is 306 g/mol. The molecule has 4 rings (SSSR count). The van der Waals surface area contributed by atoms with Crippen LogP contribution in [0.4, 0.5) is 5.95 Å². The highest BCUT2D eigenvalue weighted by atomic mass is 28.4. The fraction of sp³-hybridized carbons (Fsp3) is 0.647. The minimum absolute atomic E-state index is 0.0591. The summed E-state index contributed by atoms with van der Waals surface area (Å²) in [6.45, 7) is 13.3. The van der Waals surface area contributed by atoms with E-state index in [4.69, 9.17) is 9.26 Å². The molecule has 2 atom stereocenters. The summed E-state index contributed by atoms with van der Waals surface area (Å²) in [4.78, 5) is 14.9.